The molecule has 1 heterocycles. The van der Waals surface area contributed by atoms with Crippen LogP contribution < -0.4 is 0 Å². The number of nitrogens with zero attached hydrogens (tertiary/aromatic N) is 2. The van der Waals surface area contributed by atoms with Crippen LogP contribution in [0.4, 0.5) is 0 Å². The lowest BCUT2D eigenvalue weighted by atomic mass is 9.90. The van der Waals surface area contributed by atoms with Gasteiger partial charge in [-0.05, 0) is 36.1 Å². The van der Waals surface area contributed by atoms with Gasteiger partial charge in [-0.15, -0.1) is 0 Å². The predicted molar refractivity (Wildman–Crippen MR) is 137 cm³/mol. The summed E-state index contributed by atoms with van der Waals surface area (Å²) < 4.78 is 0. The molecule has 0 unspecified atom stereocenters. The van der Waals surface area contributed by atoms with Crippen molar-refractivity contribution in [3.05, 3.63) is 144 Å². The molecule has 1 fully saturated rings. The first-order chi connectivity index (χ1) is 16.2. The van der Waals surface area contributed by atoms with Crippen molar-refractivity contribution < 1.29 is 0 Å². The summed E-state index contributed by atoms with van der Waals surface area (Å²) in [4.78, 5) is 5.36. The van der Waals surface area contributed by atoms with Gasteiger partial charge in [0.1, 0.15) is 0 Å². The lowest BCUT2D eigenvalue weighted by molar-refractivity contribution is 0.149. The van der Waals surface area contributed by atoms with Gasteiger partial charge in [0.25, 0.3) is 0 Å². The Balaban J connectivity index is 1.63. The van der Waals surface area contributed by atoms with Crippen molar-refractivity contribution in [3.63, 3.8) is 0 Å². The molecule has 0 amide bonds. The van der Waals surface area contributed by atoms with Gasteiger partial charge >= 0.3 is 0 Å². The lowest BCUT2D eigenvalue weighted by Crippen LogP contribution is -2.30. The topological polar surface area (TPSA) is 6.48 Å². The summed E-state index contributed by atoms with van der Waals surface area (Å²) in [5.74, 6) is 0. The normalized spacial score (nSPS) is 21.0. The van der Waals surface area contributed by atoms with Crippen molar-refractivity contribution in [1.82, 2.24) is 9.80 Å². The van der Waals surface area contributed by atoms with Crippen molar-refractivity contribution in [3.8, 4) is 0 Å². The van der Waals surface area contributed by atoms with Crippen molar-refractivity contribution in [2.24, 2.45) is 0 Å². The van der Waals surface area contributed by atoms with Gasteiger partial charge < -0.3 is 0 Å². The molecular weight excluding hydrogens is 400 g/mol. The van der Waals surface area contributed by atoms with E-state index < -0.39 is 0 Å². The fourth-order valence-electron chi connectivity index (χ4n) is 5.35. The molecule has 4 atom stereocenters. The molecule has 1 saturated heterocycles. The molecule has 0 N–H and O–H groups in total. The summed E-state index contributed by atoms with van der Waals surface area (Å²) in [5.41, 5.74) is 5.47. The number of hydrogen-bond donors (Lipinski definition) is 0. The van der Waals surface area contributed by atoms with E-state index in [1.54, 1.807) is 0 Å². The fraction of sp³-hybridized carbons (Fsp3) is 0.226. The summed E-state index contributed by atoms with van der Waals surface area (Å²) in [6.07, 6.45) is 0. The highest BCUT2D eigenvalue weighted by atomic mass is 15.4. The van der Waals surface area contributed by atoms with Crippen molar-refractivity contribution in [2.45, 2.75) is 38.0 Å². The van der Waals surface area contributed by atoms with Gasteiger partial charge in [-0.2, -0.15) is 0 Å². The van der Waals surface area contributed by atoms with E-state index in [0.717, 1.165) is 6.67 Å². The zero-order chi connectivity index (χ0) is 22.6. The summed E-state index contributed by atoms with van der Waals surface area (Å²) in [7, 11) is 0. The molecule has 4 aromatic rings. The third-order valence-electron chi connectivity index (χ3n) is 7.18. The molecule has 2 heteroatoms. The van der Waals surface area contributed by atoms with Crippen LogP contribution in [-0.4, -0.2) is 16.5 Å². The Kier molecular flexibility index (Phi) is 6.39. The van der Waals surface area contributed by atoms with Crippen LogP contribution in [0.5, 0.6) is 0 Å². The van der Waals surface area contributed by atoms with Crippen LogP contribution in [0.25, 0.3) is 0 Å². The van der Waals surface area contributed by atoms with Crippen LogP contribution in [0.2, 0.25) is 0 Å². The highest BCUT2D eigenvalue weighted by molar-refractivity contribution is 5.32. The van der Waals surface area contributed by atoms with Gasteiger partial charge in [0.2, 0.25) is 0 Å². The van der Waals surface area contributed by atoms with Crippen molar-refractivity contribution in [1.29, 1.82) is 0 Å². The minimum Gasteiger partial charge on any atom is -0.275 e. The first-order valence-electron chi connectivity index (χ1n) is 12.0. The van der Waals surface area contributed by atoms with Crippen molar-refractivity contribution in [2.75, 3.05) is 6.67 Å². The number of rotatable bonds is 6. The minimum absolute atomic E-state index is 0.259. The maximum absolute atomic E-state index is 2.68. The van der Waals surface area contributed by atoms with E-state index in [2.05, 4.69) is 145 Å². The number of hydrogen-bond acceptors (Lipinski definition) is 2. The second-order valence-corrected chi connectivity index (χ2v) is 9.05. The Morgan fingerprint density at radius 2 is 0.788 bits per heavy atom. The van der Waals surface area contributed by atoms with Gasteiger partial charge in [0, 0.05) is 12.1 Å². The standard InChI is InChI=1S/C31H32N2/c1-24(26-15-7-3-8-16-26)32-23-33(25(2)27-17-9-4-10-18-27)31(29-21-13-6-14-22-29)30(32)28-19-11-5-12-20-28/h3-22,24-25,30-31H,23H2,1-2H3/t24-,25-,30+,31+/m1/s1. The Labute approximate surface area is 198 Å². The molecule has 0 saturated carbocycles. The van der Waals surface area contributed by atoms with E-state index in [1.165, 1.54) is 22.3 Å². The minimum atomic E-state index is 0.259. The van der Waals surface area contributed by atoms with Gasteiger partial charge in [-0.1, -0.05) is 121 Å². The molecule has 1 aliphatic heterocycles. The smallest absolute Gasteiger partial charge is 0.0564 e. The molecular formula is C31H32N2. The van der Waals surface area contributed by atoms with Gasteiger partial charge in [-0.3, -0.25) is 9.80 Å². The maximum Gasteiger partial charge on any atom is 0.0564 e. The van der Waals surface area contributed by atoms with Crippen molar-refractivity contribution >= 4 is 0 Å². The molecule has 33 heavy (non-hydrogen) atoms. The molecule has 1 aliphatic rings. The van der Waals surface area contributed by atoms with E-state index in [-0.39, 0.29) is 12.1 Å². The molecule has 0 aromatic heterocycles. The zero-order valence-electron chi connectivity index (χ0n) is 19.5. The van der Waals surface area contributed by atoms with E-state index in [4.69, 9.17) is 0 Å². The first kappa shape index (κ1) is 21.6. The molecule has 0 bridgehead atoms. The van der Waals surface area contributed by atoms with Crippen LogP contribution in [0.3, 0.4) is 0 Å². The van der Waals surface area contributed by atoms with Gasteiger partial charge in [0.05, 0.1) is 18.8 Å². The second kappa shape index (κ2) is 9.74. The molecule has 166 valence electrons. The molecule has 0 aliphatic carbocycles. The molecule has 0 spiro atoms. The van der Waals surface area contributed by atoms with Crippen LogP contribution in [-0.2, 0) is 0 Å². The Morgan fingerprint density at radius 3 is 1.12 bits per heavy atom. The zero-order valence-corrected chi connectivity index (χ0v) is 19.5. The predicted octanol–water partition coefficient (Wildman–Crippen LogP) is 7.57. The third-order valence-corrected chi connectivity index (χ3v) is 7.18. The SMILES string of the molecule is C[C@H](c1ccccc1)N1CN([C@H](C)c2ccccc2)[C@@H](c2ccccc2)[C@@H]1c1ccccc1. The Morgan fingerprint density at radius 1 is 0.485 bits per heavy atom. The Bertz CT molecular complexity index is 1040. The first-order valence-corrected chi connectivity index (χ1v) is 12.0. The van der Waals surface area contributed by atoms with E-state index in [0.29, 0.717) is 12.1 Å². The van der Waals surface area contributed by atoms with Crippen LogP contribution in [0.15, 0.2) is 121 Å². The number of benzene rings is 4. The summed E-state index contributed by atoms with van der Waals surface area (Å²) in [6.45, 7) is 5.61. The van der Waals surface area contributed by atoms with Crippen LogP contribution >= 0.6 is 0 Å². The third kappa shape index (κ3) is 4.37. The largest absolute Gasteiger partial charge is 0.275 e. The van der Waals surface area contributed by atoms with Gasteiger partial charge in [-0.25, -0.2) is 0 Å². The molecule has 4 aromatic carbocycles. The molecule has 0 radical (unpaired) electrons. The quantitative estimate of drug-likeness (QED) is 0.310. The highest BCUT2D eigenvalue weighted by Crippen LogP contribution is 2.50. The molecule has 2 nitrogen and oxygen atoms in total. The average molecular weight is 433 g/mol. The maximum atomic E-state index is 2.68. The molecule has 5 rings (SSSR count). The fourth-order valence-corrected chi connectivity index (χ4v) is 5.35. The van der Waals surface area contributed by atoms with Crippen LogP contribution in [0, 0.1) is 0 Å². The second-order valence-electron chi connectivity index (χ2n) is 9.05. The highest BCUT2D eigenvalue weighted by Gasteiger charge is 2.45. The van der Waals surface area contributed by atoms with Gasteiger partial charge in [0.15, 0.2) is 0 Å². The summed E-state index contributed by atoms with van der Waals surface area (Å²) >= 11 is 0. The van der Waals surface area contributed by atoms with Crippen LogP contribution in [0.1, 0.15) is 60.3 Å². The van der Waals surface area contributed by atoms with E-state index >= 15 is 0 Å². The lowest BCUT2D eigenvalue weighted by Gasteiger charge is -2.34. The summed E-state index contributed by atoms with van der Waals surface area (Å²) in [6, 6.07) is 45.1. The van der Waals surface area contributed by atoms with E-state index in [1.807, 2.05) is 0 Å². The average Bonchev–Trinajstić information content (AvgIpc) is 3.30. The monoisotopic (exact) mass is 432 g/mol. The summed E-state index contributed by atoms with van der Waals surface area (Å²) in [5, 5.41) is 0. The Hall–Kier alpha value is -3.20. The van der Waals surface area contributed by atoms with E-state index in [9.17, 15) is 0 Å².